The Morgan fingerprint density at radius 1 is 1.05 bits per heavy atom. The predicted octanol–water partition coefficient (Wildman–Crippen LogP) is 3.20. The van der Waals surface area contributed by atoms with Gasteiger partial charge in [-0.25, -0.2) is 4.79 Å². The zero-order valence-corrected chi connectivity index (χ0v) is 12.7. The fourth-order valence-corrected chi connectivity index (χ4v) is 2.10. The lowest BCUT2D eigenvalue weighted by molar-refractivity contribution is 0.104. The highest BCUT2D eigenvalue weighted by Crippen LogP contribution is 2.22. The average molecular weight is 300 g/mol. The number of ether oxygens (including phenoxy) is 2. The van der Waals surface area contributed by atoms with Gasteiger partial charge in [-0.2, -0.15) is 0 Å². The first-order chi connectivity index (χ1) is 10.7. The standard InChI is InChI=1S/C17H20N2O3/c1-21-15-11-7-6-10-14(15)19-17(20)18-12-16(22-2)13-8-4-3-5-9-13/h3-11,16H,12H2,1-2H3,(H2,18,19,20)/t16-/m1/s1. The van der Waals surface area contributed by atoms with E-state index in [1.165, 1.54) is 0 Å². The molecule has 0 aromatic heterocycles. The molecule has 0 heterocycles. The lowest BCUT2D eigenvalue weighted by Gasteiger charge is -2.17. The molecule has 0 saturated heterocycles. The van der Waals surface area contributed by atoms with E-state index in [-0.39, 0.29) is 12.1 Å². The molecule has 2 rings (SSSR count). The normalized spacial score (nSPS) is 11.5. The summed E-state index contributed by atoms with van der Waals surface area (Å²) in [5.41, 5.74) is 1.64. The first-order valence-corrected chi connectivity index (χ1v) is 7.00. The summed E-state index contributed by atoms with van der Waals surface area (Å²) in [5.74, 6) is 0.615. The Bertz CT molecular complexity index is 602. The Morgan fingerprint density at radius 2 is 1.73 bits per heavy atom. The SMILES string of the molecule is COc1ccccc1NC(=O)NC[C@@H](OC)c1ccccc1. The topological polar surface area (TPSA) is 59.6 Å². The van der Waals surface area contributed by atoms with Crippen molar-refractivity contribution in [2.45, 2.75) is 6.10 Å². The largest absolute Gasteiger partial charge is 0.495 e. The zero-order chi connectivity index (χ0) is 15.8. The van der Waals surface area contributed by atoms with E-state index in [9.17, 15) is 4.79 Å². The van der Waals surface area contributed by atoms with Crippen molar-refractivity contribution >= 4 is 11.7 Å². The van der Waals surface area contributed by atoms with Crippen LogP contribution in [-0.4, -0.2) is 26.8 Å². The minimum absolute atomic E-state index is 0.190. The van der Waals surface area contributed by atoms with Crippen LogP contribution in [0.1, 0.15) is 11.7 Å². The number of para-hydroxylation sites is 2. The summed E-state index contributed by atoms with van der Waals surface area (Å²) in [4.78, 5) is 12.0. The average Bonchev–Trinajstić information content (AvgIpc) is 2.57. The van der Waals surface area contributed by atoms with Gasteiger partial charge in [0.2, 0.25) is 0 Å². The predicted molar refractivity (Wildman–Crippen MR) is 86.2 cm³/mol. The van der Waals surface area contributed by atoms with E-state index in [0.29, 0.717) is 18.0 Å². The molecule has 0 aliphatic rings. The maximum Gasteiger partial charge on any atom is 0.319 e. The van der Waals surface area contributed by atoms with Crippen LogP contribution in [0.5, 0.6) is 5.75 Å². The number of hydrogen-bond donors (Lipinski definition) is 2. The van der Waals surface area contributed by atoms with Gasteiger partial charge in [0.05, 0.1) is 18.9 Å². The van der Waals surface area contributed by atoms with E-state index in [2.05, 4.69) is 10.6 Å². The molecule has 0 radical (unpaired) electrons. The molecular weight excluding hydrogens is 280 g/mol. The van der Waals surface area contributed by atoms with Crippen molar-refractivity contribution < 1.29 is 14.3 Å². The molecule has 5 heteroatoms. The third-order valence-electron chi connectivity index (χ3n) is 3.26. The molecule has 0 aliphatic carbocycles. The summed E-state index contributed by atoms with van der Waals surface area (Å²) in [7, 11) is 3.19. The Morgan fingerprint density at radius 3 is 2.41 bits per heavy atom. The summed E-state index contributed by atoms with van der Waals surface area (Å²) in [6, 6.07) is 16.7. The first kappa shape index (κ1) is 15.9. The second-order valence-electron chi connectivity index (χ2n) is 4.67. The van der Waals surface area contributed by atoms with Gasteiger partial charge in [0.15, 0.2) is 0 Å². The number of hydrogen-bond acceptors (Lipinski definition) is 3. The minimum atomic E-state index is -0.303. The Hall–Kier alpha value is -2.53. The Balaban J connectivity index is 1.92. The molecule has 2 amide bonds. The van der Waals surface area contributed by atoms with Crippen LogP contribution in [0.15, 0.2) is 54.6 Å². The third kappa shape index (κ3) is 4.23. The van der Waals surface area contributed by atoms with Crippen LogP contribution in [-0.2, 0) is 4.74 Å². The van der Waals surface area contributed by atoms with Gasteiger partial charge in [0.25, 0.3) is 0 Å². The highest BCUT2D eigenvalue weighted by Gasteiger charge is 2.12. The zero-order valence-electron chi connectivity index (χ0n) is 12.7. The molecule has 0 saturated carbocycles. The highest BCUT2D eigenvalue weighted by atomic mass is 16.5. The van der Waals surface area contributed by atoms with Gasteiger partial charge in [-0.15, -0.1) is 0 Å². The quantitative estimate of drug-likeness (QED) is 0.861. The van der Waals surface area contributed by atoms with Crippen molar-refractivity contribution in [3.05, 3.63) is 60.2 Å². The van der Waals surface area contributed by atoms with E-state index in [0.717, 1.165) is 5.56 Å². The fourth-order valence-electron chi connectivity index (χ4n) is 2.10. The van der Waals surface area contributed by atoms with E-state index in [4.69, 9.17) is 9.47 Å². The number of carbonyl (C=O) groups excluding carboxylic acids is 1. The monoisotopic (exact) mass is 300 g/mol. The van der Waals surface area contributed by atoms with Crippen LogP contribution in [0, 0.1) is 0 Å². The van der Waals surface area contributed by atoms with Crippen molar-refractivity contribution in [2.24, 2.45) is 0 Å². The van der Waals surface area contributed by atoms with Gasteiger partial charge in [0.1, 0.15) is 5.75 Å². The van der Waals surface area contributed by atoms with Gasteiger partial charge >= 0.3 is 6.03 Å². The van der Waals surface area contributed by atoms with Crippen molar-refractivity contribution in [1.29, 1.82) is 0 Å². The van der Waals surface area contributed by atoms with Crippen molar-refractivity contribution in [2.75, 3.05) is 26.1 Å². The smallest absolute Gasteiger partial charge is 0.319 e. The van der Waals surface area contributed by atoms with Crippen LogP contribution in [0.3, 0.4) is 0 Å². The third-order valence-corrected chi connectivity index (χ3v) is 3.26. The number of nitrogens with one attached hydrogen (secondary N) is 2. The molecule has 2 aromatic carbocycles. The number of rotatable bonds is 6. The van der Waals surface area contributed by atoms with Gasteiger partial charge in [0, 0.05) is 13.7 Å². The molecule has 0 spiro atoms. The summed E-state index contributed by atoms with van der Waals surface area (Å²) < 4.78 is 10.6. The van der Waals surface area contributed by atoms with Gasteiger partial charge in [-0.05, 0) is 17.7 Å². The summed E-state index contributed by atoms with van der Waals surface area (Å²) >= 11 is 0. The molecular formula is C17H20N2O3. The van der Waals surface area contributed by atoms with Crippen LogP contribution in [0.2, 0.25) is 0 Å². The van der Waals surface area contributed by atoms with E-state index < -0.39 is 0 Å². The highest BCUT2D eigenvalue weighted by molar-refractivity contribution is 5.90. The molecule has 2 aromatic rings. The van der Waals surface area contributed by atoms with Crippen LogP contribution >= 0.6 is 0 Å². The fraction of sp³-hybridized carbons (Fsp3) is 0.235. The summed E-state index contributed by atoms with van der Waals surface area (Å²) in [6.45, 7) is 0.376. The second kappa shape index (κ2) is 8.05. The summed E-state index contributed by atoms with van der Waals surface area (Å²) in [5, 5.41) is 5.56. The van der Waals surface area contributed by atoms with Gasteiger partial charge in [-0.3, -0.25) is 0 Å². The Kier molecular flexibility index (Phi) is 5.80. The number of methoxy groups -OCH3 is 2. The molecule has 0 bridgehead atoms. The van der Waals surface area contributed by atoms with Crippen LogP contribution in [0.25, 0.3) is 0 Å². The number of anilines is 1. The van der Waals surface area contributed by atoms with Gasteiger partial charge < -0.3 is 20.1 Å². The van der Waals surface area contributed by atoms with Crippen LogP contribution < -0.4 is 15.4 Å². The first-order valence-electron chi connectivity index (χ1n) is 7.00. The molecule has 1 atom stereocenters. The lowest BCUT2D eigenvalue weighted by atomic mass is 10.1. The molecule has 0 fully saturated rings. The maximum absolute atomic E-state index is 12.0. The molecule has 5 nitrogen and oxygen atoms in total. The molecule has 0 unspecified atom stereocenters. The minimum Gasteiger partial charge on any atom is -0.495 e. The number of urea groups is 1. The summed E-state index contributed by atoms with van der Waals surface area (Å²) in [6.07, 6.45) is -0.190. The number of amides is 2. The van der Waals surface area contributed by atoms with Crippen molar-refractivity contribution in [3.63, 3.8) is 0 Å². The molecule has 22 heavy (non-hydrogen) atoms. The van der Waals surface area contributed by atoms with Crippen LogP contribution in [0.4, 0.5) is 10.5 Å². The number of carbonyl (C=O) groups is 1. The molecule has 0 aliphatic heterocycles. The van der Waals surface area contributed by atoms with Gasteiger partial charge in [-0.1, -0.05) is 42.5 Å². The molecule has 116 valence electrons. The van der Waals surface area contributed by atoms with Crippen molar-refractivity contribution in [3.8, 4) is 5.75 Å². The van der Waals surface area contributed by atoms with E-state index in [1.807, 2.05) is 42.5 Å². The van der Waals surface area contributed by atoms with Crippen molar-refractivity contribution in [1.82, 2.24) is 5.32 Å². The van der Waals surface area contributed by atoms with E-state index >= 15 is 0 Å². The maximum atomic E-state index is 12.0. The molecule has 2 N–H and O–H groups in total. The second-order valence-corrected chi connectivity index (χ2v) is 4.67. The van der Waals surface area contributed by atoms with E-state index in [1.54, 1.807) is 26.4 Å². The number of benzene rings is 2. The Labute approximate surface area is 130 Å². The lowest BCUT2D eigenvalue weighted by Crippen LogP contribution is -2.33.